The third-order valence-corrected chi connectivity index (χ3v) is 7.77. The summed E-state index contributed by atoms with van der Waals surface area (Å²) >= 11 is 6.71. The van der Waals surface area contributed by atoms with Gasteiger partial charge < -0.3 is 24.8 Å². The molecule has 0 radical (unpaired) electrons. The van der Waals surface area contributed by atoms with Gasteiger partial charge in [-0.25, -0.2) is 9.97 Å². The second-order valence-electron chi connectivity index (χ2n) is 9.75. The van der Waals surface area contributed by atoms with Gasteiger partial charge in [-0.05, 0) is 49.4 Å². The first-order valence-electron chi connectivity index (χ1n) is 12.3. The number of nitrogens with one attached hydrogen (secondary N) is 1. The number of nitrogens with zero attached hydrogens (tertiary/aromatic N) is 4. The minimum atomic E-state index is -0.267. The van der Waals surface area contributed by atoms with E-state index in [2.05, 4.69) is 33.2 Å². The molecule has 0 amide bonds. The van der Waals surface area contributed by atoms with E-state index in [4.69, 9.17) is 26.1 Å². The van der Waals surface area contributed by atoms with Crippen LogP contribution in [0.15, 0.2) is 36.7 Å². The van der Waals surface area contributed by atoms with Gasteiger partial charge in [0.2, 0.25) is 5.95 Å². The molecule has 8 nitrogen and oxygen atoms in total. The number of aliphatic hydroxyl groups is 1. The molecule has 1 atom stereocenters. The molecular weight excluding hydrogens is 478 g/mol. The predicted octanol–water partition coefficient (Wildman–Crippen LogP) is 4.76. The van der Waals surface area contributed by atoms with Gasteiger partial charge in [0.25, 0.3) is 0 Å². The molecule has 5 rings (SSSR count). The van der Waals surface area contributed by atoms with Gasteiger partial charge in [-0.15, -0.1) is 0 Å². The van der Waals surface area contributed by atoms with Crippen molar-refractivity contribution in [3.8, 4) is 17.0 Å². The number of aliphatic hydroxyl groups excluding tert-OH is 1. The molecule has 0 spiro atoms. The van der Waals surface area contributed by atoms with Crippen LogP contribution in [0.4, 0.5) is 17.3 Å². The van der Waals surface area contributed by atoms with Gasteiger partial charge in [-0.3, -0.25) is 4.98 Å². The fourth-order valence-corrected chi connectivity index (χ4v) is 5.42. The maximum Gasteiger partial charge on any atom is 0.227 e. The molecule has 1 aromatic carbocycles. The summed E-state index contributed by atoms with van der Waals surface area (Å²) < 4.78 is 11.2. The summed E-state index contributed by atoms with van der Waals surface area (Å²) in [6, 6.07) is 7.77. The number of benzene rings is 1. The van der Waals surface area contributed by atoms with Gasteiger partial charge in [-0.2, -0.15) is 0 Å². The van der Waals surface area contributed by atoms with Crippen LogP contribution in [0, 0.1) is 0 Å². The summed E-state index contributed by atoms with van der Waals surface area (Å²) in [7, 11) is 3.40. The number of ether oxygens (including phenoxy) is 2. The molecule has 1 aliphatic carbocycles. The highest BCUT2D eigenvalue weighted by molar-refractivity contribution is 6.33. The summed E-state index contributed by atoms with van der Waals surface area (Å²) in [6.45, 7) is 3.94. The minimum absolute atomic E-state index is 0.0999. The van der Waals surface area contributed by atoms with Gasteiger partial charge in [0, 0.05) is 55.3 Å². The Balaban J connectivity index is 1.39. The lowest BCUT2D eigenvalue weighted by Crippen LogP contribution is -2.36. The van der Waals surface area contributed by atoms with Gasteiger partial charge in [0.05, 0.1) is 41.9 Å². The Morgan fingerprint density at radius 1 is 1.19 bits per heavy atom. The Morgan fingerprint density at radius 3 is 2.72 bits per heavy atom. The highest BCUT2D eigenvalue weighted by Crippen LogP contribution is 2.40. The Labute approximate surface area is 216 Å². The van der Waals surface area contributed by atoms with Crippen molar-refractivity contribution in [1.82, 2.24) is 15.0 Å². The number of hydrogen-bond acceptors (Lipinski definition) is 8. The summed E-state index contributed by atoms with van der Waals surface area (Å²) in [6.07, 6.45) is 7.55. The lowest BCUT2D eigenvalue weighted by molar-refractivity contribution is 0.0819. The first-order valence-corrected chi connectivity index (χ1v) is 12.7. The molecule has 190 valence electrons. The lowest BCUT2D eigenvalue weighted by Gasteiger charge is -2.33. The van der Waals surface area contributed by atoms with Crippen molar-refractivity contribution in [2.45, 2.75) is 44.1 Å². The van der Waals surface area contributed by atoms with E-state index in [9.17, 15) is 5.11 Å². The van der Waals surface area contributed by atoms with Crippen molar-refractivity contribution < 1.29 is 14.6 Å². The average Bonchev–Trinajstić information content (AvgIpc) is 3.25. The second-order valence-corrected chi connectivity index (χ2v) is 10.2. The third-order valence-electron chi connectivity index (χ3n) is 7.47. The van der Waals surface area contributed by atoms with Gasteiger partial charge in [-0.1, -0.05) is 18.5 Å². The Hall–Kier alpha value is -2.94. The van der Waals surface area contributed by atoms with Crippen LogP contribution in [0.1, 0.15) is 37.4 Å². The highest BCUT2D eigenvalue weighted by atomic mass is 35.5. The lowest BCUT2D eigenvalue weighted by atomic mass is 9.85. The van der Waals surface area contributed by atoms with Crippen LogP contribution in [0.2, 0.25) is 5.02 Å². The monoisotopic (exact) mass is 509 g/mol. The zero-order valence-corrected chi connectivity index (χ0v) is 21.7. The van der Waals surface area contributed by atoms with E-state index in [1.807, 2.05) is 24.4 Å². The van der Waals surface area contributed by atoms with Crippen LogP contribution >= 0.6 is 11.6 Å². The molecule has 2 N–H and O–H groups in total. The summed E-state index contributed by atoms with van der Waals surface area (Å²) in [5, 5.41) is 13.9. The van der Waals surface area contributed by atoms with Gasteiger partial charge >= 0.3 is 0 Å². The molecule has 3 aromatic rings. The van der Waals surface area contributed by atoms with E-state index in [0.717, 1.165) is 67.0 Å². The molecule has 0 saturated carbocycles. The fraction of sp³-hybridized carbons (Fsp3) is 0.444. The van der Waals surface area contributed by atoms with E-state index < -0.39 is 0 Å². The molecule has 0 bridgehead atoms. The number of fused-ring (bicyclic) bond motifs is 1. The van der Waals surface area contributed by atoms with Gasteiger partial charge in [0.15, 0.2) is 0 Å². The summed E-state index contributed by atoms with van der Waals surface area (Å²) in [5.41, 5.74) is 5.15. The number of halogens is 1. The minimum Gasteiger partial charge on any atom is -0.494 e. The number of aromatic nitrogens is 3. The highest BCUT2D eigenvalue weighted by Gasteiger charge is 2.35. The number of rotatable bonds is 7. The van der Waals surface area contributed by atoms with Crippen molar-refractivity contribution in [1.29, 1.82) is 0 Å². The van der Waals surface area contributed by atoms with E-state index in [-0.39, 0.29) is 12.0 Å². The van der Waals surface area contributed by atoms with Crippen LogP contribution < -0.4 is 15.0 Å². The Morgan fingerprint density at radius 2 is 2.00 bits per heavy atom. The number of aryl methyl sites for hydroxylation is 1. The maximum atomic E-state index is 9.94. The standard InChI is InChI=1S/C27H32ClN5O3/c1-27(16-34)8-4-22-19(27)12-17(15-30-22)21-5-9-29-26(31-21)32-23-13-20(28)24(14-25(23)36-3)33-10-6-18(35-2)7-11-33/h5,9,12-15,18,34H,4,6-8,10-11,16H2,1-3H3,(H,29,31,32). The first kappa shape index (κ1) is 24.7. The normalized spacial score (nSPS) is 19.9. The molecule has 1 unspecified atom stereocenters. The number of piperidine rings is 1. The number of pyridine rings is 1. The van der Waals surface area contributed by atoms with Crippen molar-refractivity contribution in [2.75, 3.05) is 44.1 Å². The summed E-state index contributed by atoms with van der Waals surface area (Å²) in [5.74, 6) is 1.09. The van der Waals surface area contributed by atoms with E-state index in [1.165, 1.54) is 0 Å². The van der Waals surface area contributed by atoms with E-state index >= 15 is 0 Å². The molecule has 3 heterocycles. The molecular formula is C27H32ClN5O3. The molecule has 2 aliphatic rings. The molecule has 36 heavy (non-hydrogen) atoms. The Kier molecular flexibility index (Phi) is 7.01. The van der Waals surface area contributed by atoms with Crippen LogP contribution in [0.25, 0.3) is 11.3 Å². The first-order chi connectivity index (χ1) is 17.4. The SMILES string of the molecule is COc1cc(N2CCC(OC)CC2)c(Cl)cc1Nc1nccc(-c2cnc3c(c2)C(C)(CO)CC3)n1. The van der Waals surface area contributed by atoms with Crippen molar-refractivity contribution in [3.63, 3.8) is 0 Å². The second kappa shape index (κ2) is 10.2. The van der Waals surface area contributed by atoms with Crippen molar-refractivity contribution in [3.05, 3.63) is 52.9 Å². The average molecular weight is 510 g/mol. The van der Waals surface area contributed by atoms with Crippen LogP contribution in [0.5, 0.6) is 5.75 Å². The van der Waals surface area contributed by atoms with Gasteiger partial charge in [0.1, 0.15) is 5.75 Å². The number of hydrogen-bond donors (Lipinski definition) is 2. The van der Waals surface area contributed by atoms with Crippen LogP contribution in [-0.4, -0.2) is 60.1 Å². The third kappa shape index (κ3) is 4.73. The zero-order valence-electron chi connectivity index (χ0n) is 20.9. The molecule has 2 aromatic heterocycles. The number of anilines is 3. The fourth-order valence-electron chi connectivity index (χ4n) is 5.13. The topological polar surface area (TPSA) is 92.6 Å². The quantitative estimate of drug-likeness (QED) is 0.471. The predicted molar refractivity (Wildman–Crippen MR) is 142 cm³/mol. The summed E-state index contributed by atoms with van der Waals surface area (Å²) in [4.78, 5) is 16.1. The molecule has 1 fully saturated rings. The number of methoxy groups -OCH3 is 2. The molecule has 9 heteroatoms. The van der Waals surface area contributed by atoms with E-state index in [0.29, 0.717) is 28.5 Å². The smallest absolute Gasteiger partial charge is 0.227 e. The van der Waals surface area contributed by atoms with Crippen LogP contribution in [-0.2, 0) is 16.6 Å². The largest absolute Gasteiger partial charge is 0.494 e. The molecule has 1 saturated heterocycles. The van der Waals surface area contributed by atoms with Crippen LogP contribution in [0.3, 0.4) is 0 Å². The Bertz CT molecular complexity index is 1250. The zero-order chi connectivity index (χ0) is 25.3. The van der Waals surface area contributed by atoms with Crippen molar-refractivity contribution >= 4 is 28.9 Å². The molecule has 1 aliphatic heterocycles. The van der Waals surface area contributed by atoms with E-state index in [1.54, 1.807) is 20.4 Å². The maximum absolute atomic E-state index is 9.94. The van der Waals surface area contributed by atoms with Crippen molar-refractivity contribution in [2.24, 2.45) is 0 Å².